The fourth-order valence-corrected chi connectivity index (χ4v) is 1.54. The Kier molecular flexibility index (Phi) is 5.41. The van der Waals surface area contributed by atoms with Gasteiger partial charge in [-0.1, -0.05) is 13.8 Å². The Labute approximate surface area is 112 Å². The average molecular weight is 267 g/mol. The first-order valence-corrected chi connectivity index (χ1v) is 6.33. The van der Waals surface area contributed by atoms with Gasteiger partial charge in [-0.2, -0.15) is 0 Å². The van der Waals surface area contributed by atoms with Crippen molar-refractivity contribution in [3.8, 4) is 0 Å². The smallest absolute Gasteiger partial charge is 0.355 e. The van der Waals surface area contributed by atoms with Gasteiger partial charge in [0.25, 0.3) is 5.91 Å². The largest absolute Gasteiger partial charge is 0.451 e. The lowest BCUT2D eigenvalue weighted by atomic mass is 10.2. The lowest BCUT2D eigenvalue weighted by molar-refractivity contribution is -0.124. The number of aromatic nitrogens is 1. The number of amides is 1. The molecule has 0 fully saturated rings. The van der Waals surface area contributed by atoms with Crippen molar-refractivity contribution < 1.29 is 14.3 Å². The molecule has 0 unspecified atom stereocenters. The second-order valence-corrected chi connectivity index (χ2v) is 4.72. The van der Waals surface area contributed by atoms with E-state index in [2.05, 4.69) is 5.32 Å². The van der Waals surface area contributed by atoms with Crippen LogP contribution < -0.4 is 11.1 Å². The monoisotopic (exact) mass is 267 g/mol. The lowest BCUT2D eigenvalue weighted by Gasteiger charge is -2.09. The molecule has 0 radical (unpaired) electrons. The van der Waals surface area contributed by atoms with Gasteiger partial charge in [-0.25, -0.2) is 4.79 Å². The summed E-state index contributed by atoms with van der Waals surface area (Å²) in [6, 6.07) is 1.54. The van der Waals surface area contributed by atoms with Crippen molar-refractivity contribution in [3.05, 3.63) is 18.0 Å². The zero-order valence-corrected chi connectivity index (χ0v) is 11.6. The summed E-state index contributed by atoms with van der Waals surface area (Å²) >= 11 is 0. The van der Waals surface area contributed by atoms with E-state index < -0.39 is 5.97 Å². The second kappa shape index (κ2) is 6.82. The van der Waals surface area contributed by atoms with Gasteiger partial charge in [0.15, 0.2) is 6.61 Å². The normalized spacial score (nSPS) is 10.5. The Hall–Kier alpha value is -1.98. The molecule has 0 aliphatic carbocycles. The van der Waals surface area contributed by atoms with Crippen molar-refractivity contribution in [1.29, 1.82) is 0 Å². The number of anilines is 1. The Morgan fingerprint density at radius 2 is 2.16 bits per heavy atom. The van der Waals surface area contributed by atoms with E-state index in [1.54, 1.807) is 10.8 Å². The number of hydrogen-bond donors (Lipinski definition) is 2. The number of carbonyl (C=O) groups excluding carboxylic acids is 2. The number of ether oxygens (including phenoxy) is 1. The first kappa shape index (κ1) is 15.1. The first-order valence-electron chi connectivity index (χ1n) is 6.33. The molecule has 0 bridgehead atoms. The summed E-state index contributed by atoms with van der Waals surface area (Å²) in [6.07, 6.45) is 1.66. The topological polar surface area (TPSA) is 86.3 Å². The van der Waals surface area contributed by atoms with Crippen molar-refractivity contribution in [2.24, 2.45) is 5.92 Å². The zero-order chi connectivity index (χ0) is 14.4. The van der Waals surface area contributed by atoms with Crippen molar-refractivity contribution in [3.63, 3.8) is 0 Å². The lowest BCUT2D eigenvalue weighted by Crippen LogP contribution is -2.31. The van der Waals surface area contributed by atoms with Crippen LogP contribution in [0.2, 0.25) is 0 Å². The summed E-state index contributed by atoms with van der Waals surface area (Å²) in [5.74, 6) is -0.486. The van der Waals surface area contributed by atoms with E-state index in [4.69, 9.17) is 10.5 Å². The van der Waals surface area contributed by atoms with Crippen LogP contribution in [0.3, 0.4) is 0 Å². The van der Waals surface area contributed by atoms with Crippen LogP contribution in [0, 0.1) is 5.92 Å². The molecule has 1 amide bonds. The van der Waals surface area contributed by atoms with Crippen LogP contribution >= 0.6 is 0 Å². The number of hydrogen-bond acceptors (Lipinski definition) is 4. The number of aryl methyl sites for hydroxylation is 1. The molecule has 0 aliphatic heterocycles. The molecule has 6 nitrogen and oxygen atoms in total. The fourth-order valence-electron chi connectivity index (χ4n) is 1.54. The second-order valence-electron chi connectivity index (χ2n) is 4.72. The number of nitrogens with two attached hydrogens (primary N) is 1. The van der Waals surface area contributed by atoms with Gasteiger partial charge in [-0.05, 0) is 18.9 Å². The number of nitrogens with one attached hydrogen (secondary N) is 1. The van der Waals surface area contributed by atoms with Gasteiger partial charge >= 0.3 is 5.97 Å². The Bertz CT molecular complexity index is 452. The van der Waals surface area contributed by atoms with E-state index in [9.17, 15) is 9.59 Å². The van der Waals surface area contributed by atoms with Gasteiger partial charge in [-0.3, -0.25) is 4.79 Å². The molecule has 1 aromatic heterocycles. The van der Waals surface area contributed by atoms with Crippen LogP contribution in [0.5, 0.6) is 0 Å². The Morgan fingerprint density at radius 3 is 2.74 bits per heavy atom. The van der Waals surface area contributed by atoms with Crippen LogP contribution in [0.4, 0.5) is 5.69 Å². The maximum Gasteiger partial charge on any atom is 0.355 e. The number of nitrogens with zero attached hydrogens (tertiary/aromatic N) is 1. The zero-order valence-electron chi connectivity index (χ0n) is 11.6. The average Bonchev–Trinajstić information content (AvgIpc) is 2.74. The van der Waals surface area contributed by atoms with Crippen LogP contribution in [-0.4, -0.2) is 29.6 Å². The van der Waals surface area contributed by atoms with E-state index in [-0.39, 0.29) is 12.5 Å². The minimum absolute atomic E-state index is 0.277. The van der Waals surface area contributed by atoms with Gasteiger partial charge < -0.3 is 20.4 Å². The number of carbonyl (C=O) groups is 2. The number of nitrogen functional groups attached to an aromatic ring is 1. The molecular weight excluding hydrogens is 246 g/mol. The predicted octanol–water partition coefficient (Wildman–Crippen LogP) is 1.02. The third kappa shape index (κ3) is 4.65. The van der Waals surface area contributed by atoms with Gasteiger partial charge in [0.1, 0.15) is 5.69 Å². The van der Waals surface area contributed by atoms with E-state index in [1.165, 1.54) is 6.07 Å². The standard InChI is InChI=1S/C13H21N3O3/c1-4-16-7-10(14)5-11(16)13(18)19-8-12(17)15-6-9(2)3/h5,7,9H,4,6,8,14H2,1-3H3,(H,15,17). The molecule has 0 saturated heterocycles. The molecule has 0 saturated carbocycles. The van der Waals surface area contributed by atoms with Crippen molar-refractivity contribution >= 4 is 17.6 Å². The highest BCUT2D eigenvalue weighted by atomic mass is 16.5. The quantitative estimate of drug-likeness (QED) is 0.753. The third-order valence-electron chi connectivity index (χ3n) is 2.51. The number of rotatable bonds is 6. The van der Waals surface area contributed by atoms with Gasteiger partial charge in [0, 0.05) is 19.3 Å². The summed E-state index contributed by atoms with van der Waals surface area (Å²) in [4.78, 5) is 23.2. The molecule has 106 valence electrons. The maximum atomic E-state index is 11.8. The minimum Gasteiger partial charge on any atom is -0.451 e. The summed E-state index contributed by atoms with van der Waals surface area (Å²) < 4.78 is 6.63. The molecule has 19 heavy (non-hydrogen) atoms. The SMILES string of the molecule is CCn1cc(N)cc1C(=O)OCC(=O)NCC(C)C. The van der Waals surface area contributed by atoms with Crippen LogP contribution in [0.15, 0.2) is 12.3 Å². The van der Waals surface area contributed by atoms with E-state index in [1.807, 2.05) is 20.8 Å². The van der Waals surface area contributed by atoms with Crippen LogP contribution in [-0.2, 0) is 16.1 Å². The summed E-state index contributed by atoms with van der Waals surface area (Å²) in [6.45, 7) is 6.77. The summed E-state index contributed by atoms with van der Waals surface area (Å²) in [7, 11) is 0. The molecule has 0 spiro atoms. The van der Waals surface area contributed by atoms with Gasteiger partial charge in [0.05, 0.1) is 5.69 Å². The van der Waals surface area contributed by atoms with Crippen molar-refractivity contribution in [2.75, 3.05) is 18.9 Å². The van der Waals surface area contributed by atoms with Crippen molar-refractivity contribution in [2.45, 2.75) is 27.3 Å². The molecule has 1 aromatic rings. The molecule has 0 aliphatic rings. The van der Waals surface area contributed by atoms with Crippen LogP contribution in [0.25, 0.3) is 0 Å². The third-order valence-corrected chi connectivity index (χ3v) is 2.51. The fraction of sp³-hybridized carbons (Fsp3) is 0.538. The highest BCUT2D eigenvalue weighted by Crippen LogP contribution is 2.11. The summed E-state index contributed by atoms with van der Waals surface area (Å²) in [5, 5.41) is 2.68. The predicted molar refractivity (Wildman–Crippen MR) is 72.6 cm³/mol. The maximum absolute atomic E-state index is 11.8. The Balaban J connectivity index is 2.49. The molecular formula is C13H21N3O3. The molecule has 6 heteroatoms. The molecule has 1 rings (SSSR count). The highest BCUT2D eigenvalue weighted by Gasteiger charge is 2.15. The molecule has 1 heterocycles. The minimum atomic E-state index is -0.543. The first-order chi connectivity index (χ1) is 8.93. The molecule has 0 aromatic carbocycles. The Morgan fingerprint density at radius 1 is 1.47 bits per heavy atom. The van der Waals surface area contributed by atoms with Gasteiger partial charge in [0.2, 0.25) is 0 Å². The van der Waals surface area contributed by atoms with E-state index in [0.29, 0.717) is 30.4 Å². The van der Waals surface area contributed by atoms with E-state index >= 15 is 0 Å². The highest BCUT2D eigenvalue weighted by molar-refractivity contribution is 5.91. The van der Waals surface area contributed by atoms with E-state index in [0.717, 1.165) is 0 Å². The molecule has 0 atom stereocenters. The van der Waals surface area contributed by atoms with Crippen molar-refractivity contribution in [1.82, 2.24) is 9.88 Å². The van der Waals surface area contributed by atoms with Gasteiger partial charge in [-0.15, -0.1) is 0 Å². The number of esters is 1. The summed E-state index contributed by atoms with van der Waals surface area (Å²) in [5.41, 5.74) is 6.48. The molecule has 3 N–H and O–H groups in total. The van der Waals surface area contributed by atoms with Crippen LogP contribution in [0.1, 0.15) is 31.3 Å².